The first-order valence-corrected chi connectivity index (χ1v) is 5.99. The number of hydrogen-bond acceptors (Lipinski definition) is 7. The highest BCUT2D eigenvalue weighted by Gasteiger charge is 2.20. The summed E-state index contributed by atoms with van der Waals surface area (Å²) in [5.41, 5.74) is 6.17. The van der Waals surface area contributed by atoms with Gasteiger partial charge in [-0.1, -0.05) is 0 Å². The number of nitro groups is 1. The lowest BCUT2D eigenvalue weighted by Crippen LogP contribution is -2.11. The minimum Gasteiger partial charge on any atom is -0.466 e. The monoisotopic (exact) mass is 277 g/mol. The van der Waals surface area contributed by atoms with E-state index in [0.29, 0.717) is 0 Å². The number of anilines is 2. The van der Waals surface area contributed by atoms with E-state index in [1.165, 1.54) is 0 Å². The highest BCUT2D eigenvalue weighted by Crippen LogP contribution is 2.28. The molecule has 0 aliphatic heterocycles. The molecule has 0 spiro atoms. The number of nitrogens with one attached hydrogen (secondary N) is 1. The molecule has 2 heterocycles. The number of nitrogens with two attached hydrogens (primary N) is 1. The second-order valence-corrected chi connectivity index (χ2v) is 4.45. The van der Waals surface area contributed by atoms with Crippen molar-refractivity contribution in [3.63, 3.8) is 0 Å². The molecule has 2 aromatic rings. The number of rotatable bonds is 4. The summed E-state index contributed by atoms with van der Waals surface area (Å²) in [6, 6.07) is 1.67. The molecule has 0 aromatic carbocycles. The average molecular weight is 277 g/mol. The predicted molar refractivity (Wildman–Crippen MR) is 73.3 cm³/mol. The topological polar surface area (TPSA) is 120 Å². The van der Waals surface area contributed by atoms with Gasteiger partial charge in [0.1, 0.15) is 17.7 Å². The van der Waals surface area contributed by atoms with Crippen LogP contribution in [0, 0.1) is 24.0 Å². The van der Waals surface area contributed by atoms with E-state index in [-0.39, 0.29) is 23.5 Å². The molecule has 0 radical (unpaired) electrons. The second-order valence-electron chi connectivity index (χ2n) is 4.45. The molecule has 0 bridgehead atoms. The Balaban J connectivity index is 2.32. The molecule has 8 nitrogen and oxygen atoms in total. The predicted octanol–water partition coefficient (Wildman–Crippen LogP) is 2.35. The molecule has 1 unspecified atom stereocenters. The van der Waals surface area contributed by atoms with E-state index in [4.69, 9.17) is 10.2 Å². The van der Waals surface area contributed by atoms with Gasteiger partial charge in [0.15, 0.2) is 0 Å². The van der Waals surface area contributed by atoms with Gasteiger partial charge in [0.2, 0.25) is 11.8 Å². The third-order valence-electron chi connectivity index (χ3n) is 2.88. The summed E-state index contributed by atoms with van der Waals surface area (Å²) in [6.07, 6.45) is 1.09. The van der Waals surface area contributed by atoms with Crippen LogP contribution in [-0.2, 0) is 0 Å². The fourth-order valence-electron chi connectivity index (χ4n) is 1.99. The molecule has 2 aromatic heterocycles. The maximum atomic E-state index is 10.9. The number of nitrogens with zero attached hydrogens (tertiary/aromatic N) is 3. The molecule has 0 amide bonds. The zero-order valence-electron chi connectivity index (χ0n) is 11.4. The molecule has 0 aliphatic rings. The SMILES string of the molecule is Cc1cc(C(C)Nc2nc(N)ncc2[N+](=O)[O-])c(C)o1. The molecule has 0 fully saturated rings. The van der Waals surface area contributed by atoms with Crippen LogP contribution in [0.1, 0.15) is 30.0 Å². The van der Waals surface area contributed by atoms with Gasteiger partial charge in [-0.3, -0.25) is 10.1 Å². The van der Waals surface area contributed by atoms with Gasteiger partial charge in [0.05, 0.1) is 11.0 Å². The first-order valence-electron chi connectivity index (χ1n) is 5.99. The zero-order chi connectivity index (χ0) is 14.9. The van der Waals surface area contributed by atoms with Crippen LogP contribution in [-0.4, -0.2) is 14.9 Å². The summed E-state index contributed by atoms with van der Waals surface area (Å²) in [7, 11) is 0. The van der Waals surface area contributed by atoms with Crippen molar-refractivity contribution < 1.29 is 9.34 Å². The van der Waals surface area contributed by atoms with Crippen molar-refractivity contribution in [2.45, 2.75) is 26.8 Å². The van der Waals surface area contributed by atoms with Gasteiger partial charge in [-0.05, 0) is 26.8 Å². The molecule has 0 saturated heterocycles. The number of nitrogen functional groups attached to an aromatic ring is 1. The van der Waals surface area contributed by atoms with Crippen LogP contribution in [0.3, 0.4) is 0 Å². The van der Waals surface area contributed by atoms with Crippen molar-refractivity contribution in [3.05, 3.63) is 39.5 Å². The first-order chi connectivity index (χ1) is 9.38. The number of aryl methyl sites for hydroxylation is 2. The van der Waals surface area contributed by atoms with E-state index in [1.54, 1.807) is 0 Å². The highest BCUT2D eigenvalue weighted by atomic mass is 16.6. The molecule has 8 heteroatoms. The smallest absolute Gasteiger partial charge is 0.329 e. The quantitative estimate of drug-likeness (QED) is 0.649. The van der Waals surface area contributed by atoms with Crippen LogP contribution in [0.15, 0.2) is 16.7 Å². The van der Waals surface area contributed by atoms with Gasteiger partial charge in [-0.25, -0.2) is 4.98 Å². The molecular formula is C12H15N5O3. The van der Waals surface area contributed by atoms with Gasteiger partial charge in [0, 0.05) is 5.56 Å². The Morgan fingerprint density at radius 1 is 1.50 bits per heavy atom. The molecule has 0 saturated carbocycles. The summed E-state index contributed by atoms with van der Waals surface area (Å²) in [6.45, 7) is 5.54. The number of hydrogen-bond donors (Lipinski definition) is 2. The van der Waals surface area contributed by atoms with Crippen molar-refractivity contribution >= 4 is 17.5 Å². The fraction of sp³-hybridized carbons (Fsp3) is 0.333. The van der Waals surface area contributed by atoms with E-state index in [2.05, 4.69) is 15.3 Å². The van der Waals surface area contributed by atoms with Gasteiger partial charge < -0.3 is 15.5 Å². The Morgan fingerprint density at radius 2 is 2.20 bits per heavy atom. The summed E-state index contributed by atoms with van der Waals surface area (Å²) >= 11 is 0. The van der Waals surface area contributed by atoms with E-state index in [9.17, 15) is 10.1 Å². The molecular weight excluding hydrogens is 262 g/mol. The van der Waals surface area contributed by atoms with Crippen molar-refractivity contribution in [2.75, 3.05) is 11.1 Å². The van der Waals surface area contributed by atoms with Crippen LogP contribution < -0.4 is 11.1 Å². The molecule has 2 rings (SSSR count). The fourth-order valence-corrected chi connectivity index (χ4v) is 1.99. The van der Waals surface area contributed by atoms with Crippen LogP contribution >= 0.6 is 0 Å². The minimum atomic E-state index is -0.554. The van der Waals surface area contributed by atoms with Gasteiger partial charge in [-0.15, -0.1) is 0 Å². The zero-order valence-corrected chi connectivity index (χ0v) is 11.4. The molecule has 1 atom stereocenters. The molecule has 3 N–H and O–H groups in total. The highest BCUT2D eigenvalue weighted by molar-refractivity contribution is 5.57. The summed E-state index contributed by atoms with van der Waals surface area (Å²) in [4.78, 5) is 17.9. The van der Waals surface area contributed by atoms with E-state index in [1.807, 2.05) is 26.8 Å². The normalized spacial score (nSPS) is 12.2. The van der Waals surface area contributed by atoms with Gasteiger partial charge >= 0.3 is 5.69 Å². The summed E-state index contributed by atoms with van der Waals surface area (Å²) in [5.74, 6) is 1.61. The minimum absolute atomic E-state index is 0.0228. The molecule has 20 heavy (non-hydrogen) atoms. The van der Waals surface area contributed by atoms with E-state index >= 15 is 0 Å². The van der Waals surface area contributed by atoms with Crippen LogP contribution in [0.5, 0.6) is 0 Å². The number of furan rings is 1. The van der Waals surface area contributed by atoms with Crippen molar-refractivity contribution in [3.8, 4) is 0 Å². The standard InChI is InChI=1S/C12H15N5O3/c1-6-4-9(8(3)20-6)7(2)15-11-10(17(18)19)5-14-12(13)16-11/h4-5,7H,1-3H3,(H3,13,14,15,16). The molecule has 106 valence electrons. The Kier molecular flexibility index (Phi) is 3.55. The third kappa shape index (κ3) is 2.68. The van der Waals surface area contributed by atoms with Crippen LogP contribution in [0.2, 0.25) is 0 Å². The second kappa shape index (κ2) is 5.16. The van der Waals surface area contributed by atoms with Crippen molar-refractivity contribution in [1.82, 2.24) is 9.97 Å². The summed E-state index contributed by atoms with van der Waals surface area (Å²) < 4.78 is 5.44. The van der Waals surface area contributed by atoms with Crippen LogP contribution in [0.4, 0.5) is 17.5 Å². The lowest BCUT2D eigenvalue weighted by Gasteiger charge is -2.13. The Hall–Kier alpha value is -2.64. The Labute approximate surface area is 115 Å². The van der Waals surface area contributed by atoms with E-state index < -0.39 is 4.92 Å². The maximum Gasteiger partial charge on any atom is 0.329 e. The Morgan fingerprint density at radius 3 is 2.75 bits per heavy atom. The lowest BCUT2D eigenvalue weighted by molar-refractivity contribution is -0.384. The number of aromatic nitrogens is 2. The Bertz CT molecular complexity index is 653. The van der Waals surface area contributed by atoms with Crippen molar-refractivity contribution in [1.29, 1.82) is 0 Å². The van der Waals surface area contributed by atoms with Gasteiger partial charge in [-0.2, -0.15) is 4.98 Å². The average Bonchev–Trinajstić information content (AvgIpc) is 2.68. The van der Waals surface area contributed by atoms with E-state index in [0.717, 1.165) is 23.3 Å². The molecule has 0 aliphatic carbocycles. The third-order valence-corrected chi connectivity index (χ3v) is 2.88. The summed E-state index contributed by atoms with van der Waals surface area (Å²) in [5, 5.41) is 13.9. The largest absolute Gasteiger partial charge is 0.466 e. The lowest BCUT2D eigenvalue weighted by atomic mass is 10.1. The first kappa shape index (κ1) is 13.8. The van der Waals surface area contributed by atoms with Crippen molar-refractivity contribution in [2.24, 2.45) is 0 Å². The van der Waals surface area contributed by atoms with Crippen LogP contribution in [0.25, 0.3) is 0 Å². The maximum absolute atomic E-state index is 10.9. The van der Waals surface area contributed by atoms with Gasteiger partial charge in [0.25, 0.3) is 0 Å².